The zero-order valence-corrected chi connectivity index (χ0v) is 28.3. The van der Waals surface area contributed by atoms with Gasteiger partial charge >= 0.3 is 0 Å². The van der Waals surface area contributed by atoms with Gasteiger partial charge in [-0.15, -0.1) is 0 Å². The second kappa shape index (κ2) is 38.7. The van der Waals surface area contributed by atoms with E-state index in [1.54, 1.807) is 0 Å². The van der Waals surface area contributed by atoms with Gasteiger partial charge in [-0.3, -0.25) is 5.32 Å². The lowest BCUT2D eigenvalue weighted by molar-refractivity contribution is 0.0968. The average molecular weight is 633 g/mol. The number of hydrogen-bond donors (Lipinski definition) is 8. The van der Waals surface area contributed by atoms with E-state index in [-0.39, 0.29) is 0 Å². The highest BCUT2D eigenvalue weighted by Gasteiger charge is 1.97. The van der Waals surface area contributed by atoms with Crippen molar-refractivity contribution in [3.8, 4) is 0 Å². The van der Waals surface area contributed by atoms with Crippen molar-refractivity contribution in [2.24, 2.45) is 0 Å². The van der Waals surface area contributed by atoms with Crippen LogP contribution in [0.2, 0.25) is 0 Å². The van der Waals surface area contributed by atoms with Crippen LogP contribution < -0.4 is 42.5 Å². The van der Waals surface area contributed by atoms with Crippen LogP contribution in [-0.4, -0.2) is 145 Å². The Labute approximate surface area is 270 Å². The summed E-state index contributed by atoms with van der Waals surface area (Å²) in [5, 5.41) is 25.3. The van der Waals surface area contributed by atoms with E-state index >= 15 is 0 Å². The lowest BCUT2D eigenvalue weighted by Gasteiger charge is -2.11. The molecule has 0 saturated carbocycles. The summed E-state index contributed by atoms with van der Waals surface area (Å²) >= 11 is 0. The molecule has 8 N–H and O–H groups in total. The van der Waals surface area contributed by atoms with Crippen molar-refractivity contribution in [2.75, 3.05) is 145 Å². The standard InChI is InChI=1S/C5H11N.C5H10O.C4H10N2.C4H9NO.C4H9N.C4H8O.C3H8N2.C3H7NO/c2*1-2-4-6-5-3-1;1-2-6-4-3-5-1;1-3-6-4-2-5-1;2*1-2-4-5-3-1;2*1-2-5-3-4-1/h6H,1-5H2;1-5H2;5-6H,1-4H2;5H,1-4H2;5H,1-4H2;1-4H2;4-5H,1-3H2;4H,1-3H2. The Morgan fingerprint density at radius 3 is 0.750 bits per heavy atom. The van der Waals surface area contributed by atoms with E-state index in [0.29, 0.717) is 0 Å². The normalized spacial score (nSPS) is 24.0. The Balaban J connectivity index is 0.000000252. The van der Waals surface area contributed by atoms with Crippen LogP contribution in [0.4, 0.5) is 0 Å². The molecular weight excluding hydrogens is 560 g/mol. The maximum Gasteiger partial charge on any atom is 0.0966 e. The lowest BCUT2D eigenvalue weighted by Crippen LogP contribution is -2.39. The number of hydrogen-bond acceptors (Lipinski definition) is 12. The van der Waals surface area contributed by atoms with Gasteiger partial charge in [0.1, 0.15) is 0 Å². The summed E-state index contributed by atoms with van der Waals surface area (Å²) in [6, 6.07) is 0. The van der Waals surface area contributed by atoms with Crippen LogP contribution in [0.1, 0.15) is 64.2 Å². The van der Waals surface area contributed by atoms with Crippen molar-refractivity contribution in [1.82, 2.24) is 42.5 Å². The van der Waals surface area contributed by atoms with Gasteiger partial charge in [-0.05, 0) is 84.0 Å². The predicted octanol–water partition coefficient (Wildman–Crippen LogP) is 0.599. The maximum atomic E-state index is 5.07. The third kappa shape index (κ3) is 36.0. The molecule has 12 heteroatoms. The zero-order valence-electron chi connectivity index (χ0n) is 28.3. The minimum Gasteiger partial charge on any atom is -0.381 e. The van der Waals surface area contributed by atoms with Gasteiger partial charge in [0.05, 0.1) is 26.6 Å². The quantitative estimate of drug-likeness (QED) is 0.190. The summed E-state index contributed by atoms with van der Waals surface area (Å²) in [6.07, 6.45) is 13.5. The maximum absolute atomic E-state index is 5.07. The molecule has 0 amide bonds. The molecule has 0 spiro atoms. The third-order valence-electron chi connectivity index (χ3n) is 7.23. The Morgan fingerprint density at radius 2 is 0.568 bits per heavy atom. The molecule has 8 aliphatic heterocycles. The number of piperidine rings is 1. The third-order valence-corrected chi connectivity index (χ3v) is 7.23. The van der Waals surface area contributed by atoms with Gasteiger partial charge in [0, 0.05) is 92.0 Å². The van der Waals surface area contributed by atoms with Crippen LogP contribution in [0.5, 0.6) is 0 Å². The fourth-order valence-electron chi connectivity index (χ4n) is 4.55. The minimum absolute atomic E-state index is 0.750. The molecule has 0 bridgehead atoms. The van der Waals surface area contributed by atoms with Crippen molar-refractivity contribution >= 4 is 0 Å². The predicted molar refractivity (Wildman–Crippen MR) is 183 cm³/mol. The molecular formula is C32H72N8O4. The van der Waals surface area contributed by atoms with Crippen molar-refractivity contribution < 1.29 is 18.9 Å². The van der Waals surface area contributed by atoms with E-state index in [0.717, 1.165) is 119 Å². The molecule has 0 aromatic rings. The number of nitrogens with one attached hydrogen (secondary N) is 8. The number of morpholine rings is 1. The summed E-state index contributed by atoms with van der Waals surface area (Å²) in [5.74, 6) is 0. The molecule has 0 atom stereocenters. The van der Waals surface area contributed by atoms with Crippen LogP contribution in [0.3, 0.4) is 0 Å². The molecule has 0 aromatic carbocycles. The van der Waals surface area contributed by atoms with E-state index in [2.05, 4.69) is 42.5 Å². The molecule has 0 aliphatic carbocycles. The number of piperazine rings is 1. The van der Waals surface area contributed by atoms with Crippen molar-refractivity contribution in [1.29, 1.82) is 0 Å². The lowest BCUT2D eigenvalue weighted by atomic mass is 10.2. The second-order valence-electron chi connectivity index (χ2n) is 11.4. The van der Waals surface area contributed by atoms with Gasteiger partial charge in [0.15, 0.2) is 0 Å². The molecule has 8 fully saturated rings. The van der Waals surface area contributed by atoms with Gasteiger partial charge in [-0.25, -0.2) is 0 Å². The van der Waals surface area contributed by atoms with E-state index < -0.39 is 0 Å². The molecule has 44 heavy (non-hydrogen) atoms. The molecule has 0 unspecified atom stereocenters. The Bertz CT molecular complexity index is 332. The average Bonchev–Trinajstić information content (AvgIpc) is 4.00. The summed E-state index contributed by atoms with van der Waals surface area (Å²) in [5.41, 5.74) is 0. The molecule has 8 aliphatic rings. The smallest absolute Gasteiger partial charge is 0.0966 e. The van der Waals surface area contributed by atoms with Gasteiger partial charge in [0.25, 0.3) is 0 Å². The largest absolute Gasteiger partial charge is 0.381 e. The van der Waals surface area contributed by atoms with Crippen LogP contribution in [0, 0.1) is 0 Å². The van der Waals surface area contributed by atoms with Gasteiger partial charge < -0.3 is 56.2 Å². The second-order valence-corrected chi connectivity index (χ2v) is 11.4. The highest BCUT2D eigenvalue weighted by molar-refractivity contribution is 4.59. The van der Waals surface area contributed by atoms with E-state index in [4.69, 9.17) is 18.9 Å². The van der Waals surface area contributed by atoms with Gasteiger partial charge in [0.2, 0.25) is 0 Å². The van der Waals surface area contributed by atoms with Crippen molar-refractivity contribution in [3.05, 3.63) is 0 Å². The Morgan fingerprint density at radius 1 is 0.227 bits per heavy atom. The van der Waals surface area contributed by atoms with Crippen molar-refractivity contribution in [2.45, 2.75) is 64.2 Å². The first kappa shape index (κ1) is 41.5. The molecule has 12 nitrogen and oxygen atoms in total. The molecule has 8 rings (SSSR count). The van der Waals surface area contributed by atoms with Crippen molar-refractivity contribution in [3.63, 3.8) is 0 Å². The van der Waals surface area contributed by atoms with Gasteiger partial charge in [-0.2, -0.15) is 0 Å². The van der Waals surface area contributed by atoms with Gasteiger partial charge in [-0.1, -0.05) is 6.42 Å². The Hall–Kier alpha value is -0.480. The highest BCUT2D eigenvalue weighted by atomic mass is 16.5. The molecule has 8 heterocycles. The molecule has 0 radical (unpaired) electrons. The summed E-state index contributed by atoms with van der Waals surface area (Å²) in [7, 11) is 0. The molecule has 8 saturated heterocycles. The molecule has 0 aromatic heterocycles. The Kier molecular flexibility index (Phi) is 36.5. The zero-order chi connectivity index (χ0) is 31.1. The SMILES string of the molecule is C1CCNC1.C1CCNCC1.C1CCOC1.C1CCOCC1.C1CNCCN1.C1CNCN1.C1COCCN1.C1COCN1. The van der Waals surface area contributed by atoms with E-state index in [9.17, 15) is 0 Å². The number of ether oxygens (including phenoxy) is 4. The number of rotatable bonds is 0. The summed E-state index contributed by atoms with van der Waals surface area (Å²) in [6.45, 7) is 23.3. The fourth-order valence-corrected chi connectivity index (χ4v) is 4.55. The van der Waals surface area contributed by atoms with Crippen LogP contribution >= 0.6 is 0 Å². The first-order valence-electron chi connectivity index (χ1n) is 18.0. The van der Waals surface area contributed by atoms with Crippen LogP contribution in [0.25, 0.3) is 0 Å². The van der Waals surface area contributed by atoms with Crippen LogP contribution in [0.15, 0.2) is 0 Å². The summed E-state index contributed by atoms with van der Waals surface area (Å²) < 4.78 is 19.9. The first-order valence-corrected chi connectivity index (χ1v) is 18.0. The summed E-state index contributed by atoms with van der Waals surface area (Å²) in [4.78, 5) is 0. The first-order chi connectivity index (χ1) is 22.0. The molecule has 264 valence electrons. The van der Waals surface area contributed by atoms with E-state index in [1.807, 2.05) is 0 Å². The topological polar surface area (TPSA) is 133 Å². The highest BCUT2D eigenvalue weighted by Crippen LogP contribution is 2.02. The van der Waals surface area contributed by atoms with E-state index in [1.165, 1.54) is 90.4 Å². The monoisotopic (exact) mass is 633 g/mol. The fraction of sp³-hybridized carbons (Fsp3) is 1.00. The van der Waals surface area contributed by atoms with Crippen LogP contribution in [-0.2, 0) is 18.9 Å². The minimum atomic E-state index is 0.750.